The lowest BCUT2D eigenvalue weighted by molar-refractivity contribution is -0.135. The predicted molar refractivity (Wildman–Crippen MR) is 118 cm³/mol. The number of hydrogen-bond acceptors (Lipinski definition) is 3. The minimum atomic E-state index is -0.296. The third kappa shape index (κ3) is 4.95. The minimum absolute atomic E-state index is 0.0167. The van der Waals surface area contributed by atoms with Crippen LogP contribution in [0.15, 0.2) is 54.6 Å². The van der Waals surface area contributed by atoms with Crippen LogP contribution in [0.2, 0.25) is 0 Å². The van der Waals surface area contributed by atoms with Gasteiger partial charge in [-0.15, -0.1) is 0 Å². The molecule has 1 unspecified atom stereocenters. The van der Waals surface area contributed by atoms with Gasteiger partial charge in [-0.3, -0.25) is 14.4 Å². The highest BCUT2D eigenvalue weighted by Gasteiger charge is 2.37. The third-order valence-electron chi connectivity index (χ3n) is 6.14. The van der Waals surface area contributed by atoms with Gasteiger partial charge >= 0.3 is 0 Å². The number of aryl methyl sites for hydroxylation is 1. The maximum Gasteiger partial charge on any atom is 0.253 e. The van der Waals surface area contributed by atoms with E-state index in [0.717, 1.165) is 17.5 Å². The van der Waals surface area contributed by atoms with Gasteiger partial charge in [0.15, 0.2) is 0 Å². The van der Waals surface area contributed by atoms with Gasteiger partial charge in [-0.25, -0.2) is 0 Å². The van der Waals surface area contributed by atoms with Crippen molar-refractivity contribution in [1.82, 2.24) is 14.7 Å². The summed E-state index contributed by atoms with van der Waals surface area (Å²) < 4.78 is 0. The Kier molecular flexibility index (Phi) is 6.35. The van der Waals surface area contributed by atoms with E-state index in [4.69, 9.17) is 0 Å². The second-order valence-electron chi connectivity index (χ2n) is 8.50. The molecule has 6 heteroatoms. The van der Waals surface area contributed by atoms with E-state index < -0.39 is 0 Å². The van der Waals surface area contributed by atoms with Gasteiger partial charge in [0.25, 0.3) is 5.91 Å². The number of likely N-dealkylation sites (tertiary alicyclic amines) is 1. The van der Waals surface area contributed by atoms with Gasteiger partial charge < -0.3 is 14.7 Å². The summed E-state index contributed by atoms with van der Waals surface area (Å²) in [5.41, 5.74) is 2.82. The molecule has 3 amide bonds. The van der Waals surface area contributed by atoms with Gasteiger partial charge in [0, 0.05) is 51.3 Å². The first-order valence-electron chi connectivity index (χ1n) is 11.0. The molecule has 0 radical (unpaired) electrons. The maximum absolute atomic E-state index is 13.1. The summed E-state index contributed by atoms with van der Waals surface area (Å²) in [4.78, 5) is 43.9. The number of amides is 3. The first kappa shape index (κ1) is 21.1. The largest absolute Gasteiger partial charge is 0.341 e. The lowest BCUT2D eigenvalue weighted by Crippen LogP contribution is -2.40. The van der Waals surface area contributed by atoms with E-state index in [1.165, 1.54) is 0 Å². The van der Waals surface area contributed by atoms with Crippen molar-refractivity contribution in [2.45, 2.75) is 26.3 Å². The molecule has 1 atom stereocenters. The Labute approximate surface area is 183 Å². The van der Waals surface area contributed by atoms with Crippen molar-refractivity contribution in [3.05, 3.63) is 71.3 Å². The average molecular weight is 420 g/mol. The van der Waals surface area contributed by atoms with E-state index in [1.807, 2.05) is 71.3 Å². The van der Waals surface area contributed by atoms with Gasteiger partial charge in [-0.1, -0.05) is 48.0 Å². The van der Waals surface area contributed by atoms with Crippen molar-refractivity contribution < 1.29 is 14.4 Å². The molecule has 2 aromatic carbocycles. The molecule has 2 aromatic rings. The normalized spacial score (nSPS) is 19.5. The third-order valence-corrected chi connectivity index (χ3v) is 6.14. The van der Waals surface area contributed by atoms with Crippen LogP contribution in [-0.2, 0) is 16.1 Å². The number of benzene rings is 2. The number of carbonyl (C=O) groups is 3. The lowest BCUT2D eigenvalue weighted by atomic mass is 10.1. The molecule has 6 nitrogen and oxygen atoms in total. The van der Waals surface area contributed by atoms with Gasteiger partial charge in [-0.05, 0) is 31.0 Å². The van der Waals surface area contributed by atoms with Crippen LogP contribution in [0.4, 0.5) is 0 Å². The Balaban J connectivity index is 1.34. The molecule has 0 N–H and O–H groups in total. The Morgan fingerprint density at radius 2 is 1.68 bits per heavy atom. The number of nitrogens with zero attached hydrogens (tertiary/aromatic N) is 3. The van der Waals surface area contributed by atoms with Crippen LogP contribution in [0, 0.1) is 12.8 Å². The van der Waals surface area contributed by atoms with Gasteiger partial charge in [-0.2, -0.15) is 0 Å². The molecule has 0 aromatic heterocycles. The summed E-state index contributed by atoms with van der Waals surface area (Å²) in [6.07, 6.45) is 1.02. The van der Waals surface area contributed by atoms with E-state index in [9.17, 15) is 14.4 Å². The van der Waals surface area contributed by atoms with Crippen LogP contribution in [-0.4, -0.2) is 65.1 Å². The predicted octanol–water partition coefficient (Wildman–Crippen LogP) is 2.72. The molecule has 2 heterocycles. The smallest absolute Gasteiger partial charge is 0.253 e. The fourth-order valence-electron chi connectivity index (χ4n) is 4.45. The van der Waals surface area contributed by atoms with Crippen LogP contribution in [0.3, 0.4) is 0 Å². The molecule has 0 saturated carbocycles. The zero-order valence-corrected chi connectivity index (χ0v) is 18.0. The summed E-state index contributed by atoms with van der Waals surface area (Å²) in [7, 11) is 0. The zero-order valence-electron chi connectivity index (χ0n) is 18.0. The molecule has 0 bridgehead atoms. The van der Waals surface area contributed by atoms with Crippen LogP contribution in [0.5, 0.6) is 0 Å². The highest BCUT2D eigenvalue weighted by molar-refractivity contribution is 5.94. The van der Waals surface area contributed by atoms with E-state index in [1.54, 1.807) is 4.90 Å². The van der Waals surface area contributed by atoms with E-state index in [0.29, 0.717) is 44.8 Å². The first-order valence-corrected chi connectivity index (χ1v) is 11.0. The second kappa shape index (κ2) is 9.33. The quantitative estimate of drug-likeness (QED) is 0.766. The maximum atomic E-state index is 13.1. The fraction of sp³-hybridized carbons (Fsp3) is 0.400. The van der Waals surface area contributed by atoms with E-state index >= 15 is 0 Å². The zero-order chi connectivity index (χ0) is 21.8. The monoisotopic (exact) mass is 419 g/mol. The molecule has 2 saturated heterocycles. The highest BCUT2D eigenvalue weighted by Crippen LogP contribution is 2.23. The van der Waals surface area contributed by atoms with Gasteiger partial charge in [0.1, 0.15) is 0 Å². The number of carbonyl (C=O) groups excluding carboxylic acids is 3. The Morgan fingerprint density at radius 3 is 2.45 bits per heavy atom. The summed E-state index contributed by atoms with van der Waals surface area (Å²) in [5, 5.41) is 0. The molecule has 2 aliphatic rings. The molecule has 0 aliphatic carbocycles. The minimum Gasteiger partial charge on any atom is -0.341 e. The highest BCUT2D eigenvalue weighted by atomic mass is 16.2. The second-order valence-corrected chi connectivity index (χ2v) is 8.50. The van der Waals surface area contributed by atoms with Crippen molar-refractivity contribution in [1.29, 1.82) is 0 Å². The topological polar surface area (TPSA) is 60.9 Å². The Hall–Kier alpha value is -3.15. The SMILES string of the molecule is Cc1cccc(C(=O)N2CCCN(C(=O)C3CC(=O)N(Cc4ccccc4)C3)CC2)c1. The van der Waals surface area contributed by atoms with Crippen molar-refractivity contribution in [2.75, 3.05) is 32.7 Å². The van der Waals surface area contributed by atoms with Crippen LogP contribution >= 0.6 is 0 Å². The van der Waals surface area contributed by atoms with Crippen LogP contribution in [0.1, 0.15) is 34.3 Å². The Bertz CT molecular complexity index is 959. The molecule has 162 valence electrons. The molecule has 31 heavy (non-hydrogen) atoms. The van der Waals surface area contributed by atoms with E-state index in [2.05, 4.69) is 0 Å². The van der Waals surface area contributed by atoms with Crippen molar-refractivity contribution in [2.24, 2.45) is 5.92 Å². The summed E-state index contributed by atoms with van der Waals surface area (Å²) >= 11 is 0. The van der Waals surface area contributed by atoms with Crippen LogP contribution in [0.25, 0.3) is 0 Å². The first-order chi connectivity index (χ1) is 15.0. The van der Waals surface area contributed by atoms with Crippen molar-refractivity contribution in [3.63, 3.8) is 0 Å². The van der Waals surface area contributed by atoms with E-state index in [-0.39, 0.29) is 30.1 Å². The standard InChI is InChI=1S/C25H29N3O3/c1-19-7-5-10-21(15-19)24(30)26-11-6-12-27(14-13-26)25(31)22-16-23(29)28(18-22)17-20-8-3-2-4-9-20/h2-5,7-10,15,22H,6,11-14,16-18H2,1H3. The number of rotatable bonds is 4. The lowest BCUT2D eigenvalue weighted by Gasteiger charge is -2.25. The van der Waals surface area contributed by atoms with Crippen molar-refractivity contribution in [3.8, 4) is 0 Å². The number of hydrogen-bond donors (Lipinski definition) is 0. The summed E-state index contributed by atoms with van der Waals surface area (Å²) in [6, 6.07) is 17.5. The average Bonchev–Trinajstić information content (AvgIpc) is 2.98. The molecular formula is C25H29N3O3. The molecule has 2 fully saturated rings. The Morgan fingerprint density at radius 1 is 0.935 bits per heavy atom. The molecular weight excluding hydrogens is 390 g/mol. The molecule has 4 rings (SSSR count). The van der Waals surface area contributed by atoms with Gasteiger partial charge in [0.2, 0.25) is 11.8 Å². The summed E-state index contributed by atoms with van der Waals surface area (Å²) in [6.45, 7) is 5.29. The summed E-state index contributed by atoms with van der Waals surface area (Å²) in [5.74, 6) is -0.208. The fourth-order valence-corrected chi connectivity index (χ4v) is 4.45. The van der Waals surface area contributed by atoms with Crippen molar-refractivity contribution >= 4 is 17.7 Å². The van der Waals surface area contributed by atoms with Crippen LogP contribution < -0.4 is 0 Å². The molecule has 0 spiro atoms. The molecule has 2 aliphatic heterocycles. The van der Waals surface area contributed by atoms with Gasteiger partial charge in [0.05, 0.1) is 5.92 Å².